The summed E-state index contributed by atoms with van der Waals surface area (Å²) in [6.45, 7) is 4.14. The number of hydrogen-bond donors (Lipinski definition) is 0. The predicted molar refractivity (Wildman–Crippen MR) is 74.6 cm³/mol. The molecule has 2 aromatic rings. The van der Waals surface area contributed by atoms with Crippen molar-refractivity contribution in [1.29, 1.82) is 0 Å². The molecule has 0 aliphatic rings. The summed E-state index contributed by atoms with van der Waals surface area (Å²) in [5, 5.41) is -0.0731. The maximum Gasteiger partial charge on any atom is 0.123 e. The van der Waals surface area contributed by atoms with Crippen LogP contribution < -0.4 is 0 Å². The molecule has 0 spiro atoms. The Morgan fingerprint density at radius 2 is 1.72 bits per heavy atom. The lowest BCUT2D eigenvalue weighted by Gasteiger charge is -2.13. The lowest BCUT2D eigenvalue weighted by molar-refractivity contribution is 0.627. The Morgan fingerprint density at radius 3 is 2.33 bits per heavy atom. The Labute approximate surface area is 112 Å². The smallest absolute Gasteiger partial charge is 0.123 e. The molecule has 0 aliphatic carbocycles. The third kappa shape index (κ3) is 3.11. The normalized spacial score (nSPS) is 12.4. The van der Waals surface area contributed by atoms with E-state index in [4.69, 9.17) is 11.6 Å². The fourth-order valence-corrected chi connectivity index (χ4v) is 2.54. The van der Waals surface area contributed by atoms with Gasteiger partial charge in [0.1, 0.15) is 5.82 Å². The molecule has 1 unspecified atom stereocenters. The van der Waals surface area contributed by atoms with Crippen LogP contribution in [0.15, 0.2) is 42.5 Å². The lowest BCUT2D eigenvalue weighted by atomic mass is 9.98. The summed E-state index contributed by atoms with van der Waals surface area (Å²) in [7, 11) is 0. The summed E-state index contributed by atoms with van der Waals surface area (Å²) >= 11 is 6.44. The maximum atomic E-state index is 12.8. The van der Waals surface area contributed by atoms with Gasteiger partial charge in [-0.15, -0.1) is 11.6 Å². The average molecular weight is 263 g/mol. The lowest BCUT2D eigenvalue weighted by Crippen LogP contribution is -1.99. The van der Waals surface area contributed by atoms with Crippen LogP contribution in [0.5, 0.6) is 0 Å². The van der Waals surface area contributed by atoms with Crippen LogP contribution in [0.1, 0.15) is 27.6 Å². The molecule has 2 aromatic carbocycles. The first kappa shape index (κ1) is 13.1. The highest BCUT2D eigenvalue weighted by molar-refractivity contribution is 6.21. The molecule has 0 nitrogen and oxygen atoms in total. The first-order chi connectivity index (χ1) is 8.56. The standard InChI is InChI=1S/C16H16ClF/c1-11-3-8-15(12(2)9-11)16(17)10-13-4-6-14(18)7-5-13/h3-9,16H,10H2,1-2H3. The monoisotopic (exact) mass is 262 g/mol. The van der Waals surface area contributed by atoms with E-state index in [0.29, 0.717) is 6.42 Å². The number of hydrogen-bond acceptors (Lipinski definition) is 0. The van der Waals surface area contributed by atoms with Crippen LogP contribution in [-0.4, -0.2) is 0 Å². The predicted octanol–water partition coefficient (Wildman–Crippen LogP) is 4.97. The Balaban J connectivity index is 2.16. The van der Waals surface area contributed by atoms with Crippen molar-refractivity contribution in [2.45, 2.75) is 25.6 Å². The second kappa shape index (κ2) is 5.53. The Hall–Kier alpha value is -1.34. The minimum atomic E-state index is -0.212. The van der Waals surface area contributed by atoms with Crippen molar-refractivity contribution in [2.24, 2.45) is 0 Å². The average Bonchev–Trinajstić information content (AvgIpc) is 2.32. The van der Waals surface area contributed by atoms with Gasteiger partial charge < -0.3 is 0 Å². The van der Waals surface area contributed by atoms with Crippen LogP contribution >= 0.6 is 11.6 Å². The van der Waals surface area contributed by atoms with E-state index in [1.54, 1.807) is 12.1 Å². The molecule has 0 aliphatic heterocycles. The third-order valence-corrected chi connectivity index (χ3v) is 3.48. The summed E-state index contributed by atoms with van der Waals surface area (Å²) in [5.41, 5.74) is 4.64. The van der Waals surface area contributed by atoms with Gasteiger partial charge in [0.05, 0.1) is 5.38 Å². The number of benzene rings is 2. The van der Waals surface area contributed by atoms with Gasteiger partial charge in [0.2, 0.25) is 0 Å². The molecule has 1 atom stereocenters. The van der Waals surface area contributed by atoms with Crippen LogP contribution in [-0.2, 0) is 6.42 Å². The van der Waals surface area contributed by atoms with Gasteiger partial charge in [-0.1, -0.05) is 35.9 Å². The van der Waals surface area contributed by atoms with E-state index in [0.717, 1.165) is 11.1 Å². The first-order valence-corrected chi connectivity index (χ1v) is 6.45. The van der Waals surface area contributed by atoms with Crippen molar-refractivity contribution in [3.8, 4) is 0 Å². The number of aryl methyl sites for hydroxylation is 2. The van der Waals surface area contributed by atoms with Gasteiger partial charge in [-0.25, -0.2) is 4.39 Å². The molecule has 0 saturated heterocycles. The van der Waals surface area contributed by atoms with E-state index < -0.39 is 0 Å². The van der Waals surface area contributed by atoms with Gasteiger partial charge in [-0.2, -0.15) is 0 Å². The Kier molecular flexibility index (Phi) is 4.03. The topological polar surface area (TPSA) is 0 Å². The molecule has 2 heteroatoms. The van der Waals surface area contributed by atoms with Crippen LogP contribution in [0.3, 0.4) is 0 Å². The van der Waals surface area contributed by atoms with E-state index in [1.807, 2.05) is 0 Å². The zero-order valence-corrected chi connectivity index (χ0v) is 11.3. The van der Waals surface area contributed by atoms with Crippen LogP contribution in [0.25, 0.3) is 0 Å². The quantitative estimate of drug-likeness (QED) is 0.686. The zero-order chi connectivity index (χ0) is 13.1. The molecule has 0 amide bonds. The SMILES string of the molecule is Cc1ccc(C(Cl)Cc2ccc(F)cc2)c(C)c1. The molecule has 0 radical (unpaired) electrons. The largest absolute Gasteiger partial charge is 0.207 e. The summed E-state index contributed by atoms with van der Waals surface area (Å²) in [4.78, 5) is 0. The fourth-order valence-electron chi connectivity index (χ4n) is 2.11. The van der Waals surface area contributed by atoms with Crippen molar-refractivity contribution in [2.75, 3.05) is 0 Å². The van der Waals surface area contributed by atoms with Crippen molar-refractivity contribution in [3.63, 3.8) is 0 Å². The van der Waals surface area contributed by atoms with Crippen LogP contribution in [0.4, 0.5) is 4.39 Å². The first-order valence-electron chi connectivity index (χ1n) is 6.02. The highest BCUT2D eigenvalue weighted by atomic mass is 35.5. The molecule has 0 bridgehead atoms. The van der Waals surface area contributed by atoms with Gasteiger partial charge in [0.25, 0.3) is 0 Å². The van der Waals surface area contributed by atoms with E-state index >= 15 is 0 Å². The molecule has 0 aromatic heterocycles. The molecule has 2 rings (SSSR count). The molecule has 0 heterocycles. The number of alkyl halides is 1. The molecule has 0 saturated carbocycles. The molecule has 94 valence electrons. The van der Waals surface area contributed by atoms with Crippen molar-refractivity contribution in [3.05, 3.63) is 70.5 Å². The highest BCUT2D eigenvalue weighted by Gasteiger charge is 2.11. The minimum absolute atomic E-state index is 0.0731. The highest BCUT2D eigenvalue weighted by Crippen LogP contribution is 2.28. The van der Waals surface area contributed by atoms with Crippen molar-refractivity contribution >= 4 is 11.6 Å². The minimum Gasteiger partial charge on any atom is -0.207 e. The maximum absolute atomic E-state index is 12.8. The molecular formula is C16H16ClF. The third-order valence-electron chi connectivity index (χ3n) is 3.09. The Bertz CT molecular complexity index is 531. The van der Waals surface area contributed by atoms with Gasteiger partial charge in [-0.05, 0) is 49.1 Å². The van der Waals surface area contributed by atoms with Crippen LogP contribution in [0.2, 0.25) is 0 Å². The zero-order valence-electron chi connectivity index (χ0n) is 10.6. The summed E-state index contributed by atoms with van der Waals surface area (Å²) < 4.78 is 12.8. The second-order valence-electron chi connectivity index (χ2n) is 4.66. The molecule has 0 fully saturated rings. The molecular weight excluding hydrogens is 247 g/mol. The summed E-state index contributed by atoms with van der Waals surface area (Å²) in [6.07, 6.45) is 0.714. The van der Waals surface area contributed by atoms with Crippen molar-refractivity contribution < 1.29 is 4.39 Å². The van der Waals surface area contributed by atoms with Gasteiger partial charge in [-0.3, -0.25) is 0 Å². The van der Waals surface area contributed by atoms with E-state index in [9.17, 15) is 4.39 Å². The summed E-state index contributed by atoms with van der Waals surface area (Å²) in [6, 6.07) is 12.8. The second-order valence-corrected chi connectivity index (χ2v) is 5.18. The molecule has 18 heavy (non-hydrogen) atoms. The van der Waals surface area contributed by atoms with Crippen molar-refractivity contribution in [1.82, 2.24) is 0 Å². The number of rotatable bonds is 3. The fraction of sp³-hybridized carbons (Fsp3) is 0.250. The summed E-state index contributed by atoms with van der Waals surface area (Å²) in [5.74, 6) is -0.212. The van der Waals surface area contributed by atoms with Crippen LogP contribution in [0, 0.1) is 19.7 Å². The number of halogens is 2. The van der Waals surface area contributed by atoms with Gasteiger partial charge in [0.15, 0.2) is 0 Å². The van der Waals surface area contributed by atoms with E-state index in [2.05, 4.69) is 32.0 Å². The van der Waals surface area contributed by atoms with E-state index in [-0.39, 0.29) is 11.2 Å². The Morgan fingerprint density at radius 1 is 1.06 bits per heavy atom. The van der Waals surface area contributed by atoms with E-state index in [1.165, 1.54) is 23.3 Å². The van der Waals surface area contributed by atoms with Gasteiger partial charge in [0, 0.05) is 0 Å². The van der Waals surface area contributed by atoms with Gasteiger partial charge >= 0.3 is 0 Å². The molecule has 0 N–H and O–H groups in total.